The number of rotatable bonds is 3. The molecule has 0 saturated carbocycles. The van der Waals surface area contributed by atoms with E-state index in [4.69, 9.17) is 0 Å². The zero-order valence-corrected chi connectivity index (χ0v) is 15.2. The largest absolute Gasteiger partial charge is 0.401 e. The molecule has 3 amide bonds. The van der Waals surface area contributed by atoms with Gasteiger partial charge in [0.2, 0.25) is 0 Å². The minimum absolute atomic E-state index is 0.158. The van der Waals surface area contributed by atoms with Gasteiger partial charge in [-0.2, -0.15) is 13.2 Å². The van der Waals surface area contributed by atoms with Crippen molar-refractivity contribution >= 4 is 17.6 Å². The minimum Gasteiger partial charge on any atom is -0.337 e. The second-order valence-corrected chi connectivity index (χ2v) is 6.92. The van der Waals surface area contributed by atoms with Gasteiger partial charge in [-0.15, -0.1) is 0 Å². The highest BCUT2D eigenvalue weighted by molar-refractivity contribution is 5.98. The quantitative estimate of drug-likeness (QED) is 0.870. The molecule has 27 heavy (non-hydrogen) atoms. The molecule has 0 aliphatic carbocycles. The Morgan fingerprint density at radius 2 is 1.93 bits per heavy atom. The number of anilines is 1. The van der Waals surface area contributed by atoms with Gasteiger partial charge in [0.05, 0.1) is 6.54 Å². The van der Waals surface area contributed by atoms with Crippen molar-refractivity contribution < 1.29 is 22.8 Å². The number of hydrogen-bond acceptors (Lipinski definition) is 3. The van der Waals surface area contributed by atoms with Crippen LogP contribution in [0.2, 0.25) is 0 Å². The predicted molar refractivity (Wildman–Crippen MR) is 94.9 cm³/mol. The smallest absolute Gasteiger partial charge is 0.337 e. The molecule has 0 aromatic heterocycles. The molecular formula is C18H23F3N4O2. The van der Waals surface area contributed by atoms with Crippen LogP contribution in [0.25, 0.3) is 0 Å². The molecule has 3 rings (SSSR count). The monoisotopic (exact) mass is 384 g/mol. The molecule has 2 fully saturated rings. The lowest BCUT2D eigenvalue weighted by Crippen LogP contribution is -2.38. The first-order valence-corrected chi connectivity index (χ1v) is 8.99. The molecule has 0 atom stereocenters. The van der Waals surface area contributed by atoms with Gasteiger partial charge < -0.3 is 10.2 Å². The summed E-state index contributed by atoms with van der Waals surface area (Å²) in [5.74, 6) is -0.190. The second kappa shape index (κ2) is 7.75. The molecule has 1 aromatic carbocycles. The Morgan fingerprint density at radius 3 is 2.56 bits per heavy atom. The van der Waals surface area contributed by atoms with Crippen molar-refractivity contribution in [3.63, 3.8) is 0 Å². The van der Waals surface area contributed by atoms with Crippen LogP contribution in [0.1, 0.15) is 22.3 Å². The molecule has 2 saturated heterocycles. The van der Waals surface area contributed by atoms with E-state index in [1.807, 2.05) is 6.92 Å². The molecule has 2 heterocycles. The number of hydrogen-bond donors (Lipinski definition) is 1. The van der Waals surface area contributed by atoms with Gasteiger partial charge in [-0.25, -0.2) is 4.79 Å². The molecule has 6 nitrogen and oxygen atoms in total. The number of carbonyl (C=O) groups excluding carboxylic acids is 2. The van der Waals surface area contributed by atoms with E-state index in [1.165, 1.54) is 4.90 Å². The number of urea groups is 1. The first-order chi connectivity index (χ1) is 12.7. The summed E-state index contributed by atoms with van der Waals surface area (Å²) in [7, 11) is 0. The summed E-state index contributed by atoms with van der Waals surface area (Å²) >= 11 is 0. The Morgan fingerprint density at radius 1 is 1.15 bits per heavy atom. The summed E-state index contributed by atoms with van der Waals surface area (Å²) in [6.45, 7) is 3.29. The molecule has 0 spiro atoms. The van der Waals surface area contributed by atoms with Crippen molar-refractivity contribution in [1.29, 1.82) is 0 Å². The van der Waals surface area contributed by atoms with E-state index in [1.54, 1.807) is 28.0 Å². The van der Waals surface area contributed by atoms with Gasteiger partial charge in [-0.05, 0) is 37.1 Å². The van der Waals surface area contributed by atoms with Crippen molar-refractivity contribution in [3.8, 4) is 0 Å². The topological polar surface area (TPSA) is 55.9 Å². The molecule has 1 aromatic rings. The zero-order valence-electron chi connectivity index (χ0n) is 15.2. The van der Waals surface area contributed by atoms with E-state index in [-0.39, 0.29) is 25.0 Å². The van der Waals surface area contributed by atoms with Crippen LogP contribution in [0.3, 0.4) is 0 Å². The van der Waals surface area contributed by atoms with Gasteiger partial charge >= 0.3 is 12.2 Å². The predicted octanol–water partition coefficient (Wildman–Crippen LogP) is 2.23. The minimum atomic E-state index is -4.23. The molecule has 1 N–H and O–H groups in total. The van der Waals surface area contributed by atoms with Crippen molar-refractivity contribution in [1.82, 2.24) is 15.1 Å². The third kappa shape index (κ3) is 4.71. The van der Waals surface area contributed by atoms with Crippen LogP contribution in [0.15, 0.2) is 18.2 Å². The number of aryl methyl sites for hydroxylation is 1. The number of alkyl halides is 3. The maximum Gasteiger partial charge on any atom is 0.401 e. The standard InChI is InChI=1S/C18H23F3N4O2/c1-13-11-14(3-4-15(13)25-8-5-22-17(25)27)16(26)24-7-2-6-23(9-10-24)12-18(19,20)21/h3-4,11H,2,5-10,12H2,1H3,(H,22,27). The molecular weight excluding hydrogens is 361 g/mol. The second-order valence-electron chi connectivity index (χ2n) is 6.92. The highest BCUT2D eigenvalue weighted by atomic mass is 19.4. The summed E-state index contributed by atoms with van der Waals surface area (Å²) in [5, 5.41) is 2.74. The zero-order chi connectivity index (χ0) is 19.6. The Bertz CT molecular complexity index is 723. The summed E-state index contributed by atoms with van der Waals surface area (Å²) in [6, 6.07) is 5.01. The SMILES string of the molecule is Cc1cc(C(=O)N2CCCN(CC(F)(F)F)CC2)ccc1N1CCNC1=O. The normalized spacial score (nSPS) is 19.2. The Labute approximate surface area is 155 Å². The number of amides is 3. The fraction of sp³-hybridized carbons (Fsp3) is 0.556. The van der Waals surface area contributed by atoms with Crippen molar-refractivity contribution in [2.75, 3.05) is 50.7 Å². The molecule has 2 aliphatic heterocycles. The Hall–Kier alpha value is -2.29. The summed E-state index contributed by atoms with van der Waals surface area (Å²) in [5.41, 5.74) is 2.06. The maximum absolute atomic E-state index is 12.8. The van der Waals surface area contributed by atoms with Crippen LogP contribution in [-0.4, -0.2) is 73.7 Å². The third-order valence-corrected chi connectivity index (χ3v) is 4.87. The molecule has 0 bridgehead atoms. The maximum atomic E-state index is 12.8. The van der Waals surface area contributed by atoms with Gasteiger partial charge in [0.15, 0.2) is 0 Å². The fourth-order valence-corrected chi connectivity index (χ4v) is 3.56. The summed E-state index contributed by atoms with van der Waals surface area (Å²) in [4.78, 5) is 29.2. The van der Waals surface area contributed by atoms with E-state index in [0.717, 1.165) is 11.3 Å². The van der Waals surface area contributed by atoms with E-state index < -0.39 is 12.7 Å². The lowest BCUT2D eigenvalue weighted by atomic mass is 10.1. The van der Waals surface area contributed by atoms with Gasteiger partial charge in [-0.1, -0.05) is 0 Å². The van der Waals surface area contributed by atoms with Crippen LogP contribution in [-0.2, 0) is 0 Å². The Balaban J connectivity index is 1.67. The third-order valence-electron chi connectivity index (χ3n) is 4.87. The molecule has 0 radical (unpaired) electrons. The van der Waals surface area contributed by atoms with Gasteiger partial charge in [0, 0.05) is 50.5 Å². The van der Waals surface area contributed by atoms with Crippen LogP contribution in [0.4, 0.5) is 23.7 Å². The number of halogens is 3. The number of nitrogens with zero attached hydrogens (tertiary/aromatic N) is 3. The summed E-state index contributed by atoms with van der Waals surface area (Å²) < 4.78 is 37.7. The van der Waals surface area contributed by atoms with Crippen molar-refractivity contribution in [2.24, 2.45) is 0 Å². The van der Waals surface area contributed by atoms with E-state index in [2.05, 4.69) is 5.32 Å². The van der Waals surface area contributed by atoms with Crippen LogP contribution >= 0.6 is 0 Å². The Kier molecular flexibility index (Phi) is 5.59. The fourth-order valence-electron chi connectivity index (χ4n) is 3.56. The van der Waals surface area contributed by atoms with Crippen molar-refractivity contribution in [3.05, 3.63) is 29.3 Å². The lowest BCUT2D eigenvalue weighted by molar-refractivity contribution is -0.145. The highest BCUT2D eigenvalue weighted by Crippen LogP contribution is 2.24. The average Bonchev–Trinajstić information content (AvgIpc) is 2.87. The number of carbonyl (C=O) groups is 2. The molecule has 9 heteroatoms. The average molecular weight is 384 g/mol. The summed E-state index contributed by atoms with van der Waals surface area (Å²) in [6.07, 6.45) is -3.72. The first-order valence-electron chi connectivity index (χ1n) is 8.99. The first kappa shape index (κ1) is 19.5. The van der Waals surface area contributed by atoms with Crippen LogP contribution in [0, 0.1) is 6.92 Å². The van der Waals surface area contributed by atoms with Crippen LogP contribution < -0.4 is 10.2 Å². The lowest BCUT2D eigenvalue weighted by Gasteiger charge is -2.23. The molecule has 2 aliphatic rings. The van der Waals surface area contributed by atoms with Crippen molar-refractivity contribution in [2.45, 2.75) is 19.5 Å². The highest BCUT2D eigenvalue weighted by Gasteiger charge is 2.32. The van der Waals surface area contributed by atoms with Gasteiger partial charge in [0.1, 0.15) is 0 Å². The molecule has 0 unspecified atom stereocenters. The van der Waals surface area contributed by atoms with E-state index >= 15 is 0 Å². The van der Waals surface area contributed by atoms with E-state index in [0.29, 0.717) is 38.2 Å². The van der Waals surface area contributed by atoms with Gasteiger partial charge in [-0.3, -0.25) is 14.6 Å². The van der Waals surface area contributed by atoms with Crippen LogP contribution in [0.5, 0.6) is 0 Å². The van der Waals surface area contributed by atoms with E-state index in [9.17, 15) is 22.8 Å². The molecule has 148 valence electrons. The number of benzene rings is 1. The number of nitrogens with one attached hydrogen (secondary N) is 1. The van der Waals surface area contributed by atoms with Gasteiger partial charge in [0.25, 0.3) is 5.91 Å².